The van der Waals surface area contributed by atoms with Crippen LogP contribution in [0.5, 0.6) is 5.75 Å². The van der Waals surface area contributed by atoms with Crippen molar-refractivity contribution in [2.24, 2.45) is 0 Å². The van der Waals surface area contributed by atoms with Crippen LogP contribution in [0, 0.1) is 0 Å². The molecule has 7 heteroatoms. The predicted octanol–water partition coefficient (Wildman–Crippen LogP) is 1.80. The molecule has 1 aromatic rings. The monoisotopic (exact) mass is 417 g/mol. The number of hydrogen-bond donors (Lipinski definition) is 2. The van der Waals surface area contributed by atoms with E-state index in [1.54, 1.807) is 46.9 Å². The second-order valence-corrected chi connectivity index (χ2v) is 7.01. The molecule has 0 aliphatic carbocycles. The van der Waals surface area contributed by atoms with E-state index in [1.165, 1.54) is 7.11 Å². The standard InChI is InChI=1S/C15H16INO5/c1-22-11-5-2-9(3-6-11)13(19)15(16,14(20)21)8-10-4-7-12(18)17-10/h2-3,5-6,10H,4,7-8H2,1H3,(H,17,18)(H,20,21). The summed E-state index contributed by atoms with van der Waals surface area (Å²) in [6, 6.07) is 6.03. The number of rotatable bonds is 6. The summed E-state index contributed by atoms with van der Waals surface area (Å²) in [4.78, 5) is 35.6. The van der Waals surface area contributed by atoms with Gasteiger partial charge in [0.1, 0.15) is 5.75 Å². The average molecular weight is 417 g/mol. The molecule has 0 saturated carbocycles. The van der Waals surface area contributed by atoms with Gasteiger partial charge in [-0.1, -0.05) is 22.6 Å². The Morgan fingerprint density at radius 3 is 2.50 bits per heavy atom. The molecule has 118 valence electrons. The second kappa shape index (κ2) is 6.64. The van der Waals surface area contributed by atoms with Crippen LogP contribution in [-0.2, 0) is 9.59 Å². The van der Waals surface area contributed by atoms with Crippen molar-refractivity contribution >= 4 is 40.3 Å². The van der Waals surface area contributed by atoms with Gasteiger partial charge in [-0.25, -0.2) is 0 Å². The van der Waals surface area contributed by atoms with E-state index in [-0.39, 0.29) is 18.4 Å². The first-order valence-electron chi connectivity index (χ1n) is 6.77. The zero-order valence-corrected chi connectivity index (χ0v) is 14.1. The molecule has 0 aromatic heterocycles. The molecule has 0 radical (unpaired) electrons. The maximum Gasteiger partial charge on any atom is 0.327 e. The summed E-state index contributed by atoms with van der Waals surface area (Å²) in [6.07, 6.45) is 0.986. The number of alkyl halides is 1. The van der Waals surface area contributed by atoms with Crippen molar-refractivity contribution in [3.8, 4) is 5.75 Å². The van der Waals surface area contributed by atoms with E-state index >= 15 is 0 Å². The Morgan fingerprint density at radius 2 is 2.05 bits per heavy atom. The Labute approximate surface area is 141 Å². The molecule has 1 amide bonds. The van der Waals surface area contributed by atoms with Gasteiger partial charge in [-0.05, 0) is 30.7 Å². The van der Waals surface area contributed by atoms with Crippen molar-refractivity contribution in [3.63, 3.8) is 0 Å². The third-order valence-electron chi connectivity index (χ3n) is 3.66. The van der Waals surface area contributed by atoms with Gasteiger partial charge < -0.3 is 15.2 Å². The fourth-order valence-corrected chi connectivity index (χ4v) is 3.26. The number of carboxylic acid groups (broad SMARTS) is 1. The highest BCUT2D eigenvalue weighted by Crippen LogP contribution is 2.32. The average Bonchev–Trinajstić information content (AvgIpc) is 2.91. The summed E-state index contributed by atoms with van der Waals surface area (Å²) >= 11 is 1.68. The number of ether oxygens (including phenoxy) is 1. The van der Waals surface area contributed by atoms with Gasteiger partial charge in [0.25, 0.3) is 0 Å². The number of hydrogen-bond acceptors (Lipinski definition) is 4. The summed E-state index contributed by atoms with van der Waals surface area (Å²) in [7, 11) is 1.51. The van der Waals surface area contributed by atoms with Crippen LogP contribution >= 0.6 is 22.6 Å². The molecular weight excluding hydrogens is 401 g/mol. The molecule has 2 N–H and O–H groups in total. The lowest BCUT2D eigenvalue weighted by Crippen LogP contribution is -2.45. The first-order valence-corrected chi connectivity index (χ1v) is 7.85. The fourth-order valence-electron chi connectivity index (χ4n) is 2.42. The van der Waals surface area contributed by atoms with E-state index in [2.05, 4.69) is 5.32 Å². The minimum Gasteiger partial charge on any atom is -0.497 e. The van der Waals surface area contributed by atoms with Crippen LogP contribution < -0.4 is 10.1 Å². The van der Waals surface area contributed by atoms with E-state index in [9.17, 15) is 19.5 Å². The van der Waals surface area contributed by atoms with E-state index in [0.717, 1.165) is 0 Å². The molecular formula is C15H16INO5. The van der Waals surface area contributed by atoms with Gasteiger partial charge in [-0.2, -0.15) is 0 Å². The van der Waals surface area contributed by atoms with Crippen molar-refractivity contribution in [1.82, 2.24) is 5.32 Å². The highest BCUT2D eigenvalue weighted by Gasteiger charge is 2.46. The molecule has 2 rings (SSSR count). The molecule has 6 nitrogen and oxygen atoms in total. The normalized spacial score (nSPS) is 20.1. The number of Topliss-reactive ketones (excluding diaryl/α,β-unsaturated/α-hetero) is 1. The van der Waals surface area contributed by atoms with Gasteiger partial charge in [-0.15, -0.1) is 0 Å². The number of halogens is 1. The lowest BCUT2D eigenvalue weighted by Gasteiger charge is -2.24. The third kappa shape index (κ3) is 3.40. The first kappa shape index (κ1) is 16.7. The highest BCUT2D eigenvalue weighted by atomic mass is 127. The molecule has 1 fully saturated rings. The van der Waals surface area contributed by atoms with Gasteiger partial charge in [0.05, 0.1) is 7.11 Å². The van der Waals surface area contributed by atoms with Crippen LogP contribution in [0.1, 0.15) is 29.6 Å². The van der Waals surface area contributed by atoms with Crippen molar-refractivity contribution in [2.45, 2.75) is 28.7 Å². The van der Waals surface area contributed by atoms with Crippen LogP contribution in [0.15, 0.2) is 24.3 Å². The van der Waals surface area contributed by atoms with Gasteiger partial charge in [0.15, 0.2) is 9.20 Å². The summed E-state index contributed by atoms with van der Waals surface area (Å²) in [5.74, 6) is -1.19. The smallest absolute Gasteiger partial charge is 0.327 e. The molecule has 1 saturated heterocycles. The Bertz CT molecular complexity index is 600. The molecule has 1 heterocycles. The number of ketones is 1. The number of nitrogens with one attached hydrogen (secondary N) is 1. The number of methoxy groups -OCH3 is 1. The maximum atomic E-state index is 12.6. The van der Waals surface area contributed by atoms with Gasteiger partial charge in [0.2, 0.25) is 5.91 Å². The summed E-state index contributed by atoms with van der Waals surface area (Å²) in [6.45, 7) is 0. The van der Waals surface area contributed by atoms with E-state index in [1.807, 2.05) is 0 Å². The number of aliphatic carboxylic acids is 1. The van der Waals surface area contributed by atoms with Crippen molar-refractivity contribution in [2.75, 3.05) is 7.11 Å². The van der Waals surface area contributed by atoms with Crippen LogP contribution in [0.2, 0.25) is 0 Å². The minimum absolute atomic E-state index is 0.0689. The Balaban J connectivity index is 2.23. The molecule has 2 unspecified atom stereocenters. The molecule has 1 aromatic carbocycles. The van der Waals surface area contributed by atoms with Crippen molar-refractivity contribution in [1.29, 1.82) is 0 Å². The molecule has 0 spiro atoms. The maximum absolute atomic E-state index is 12.6. The number of carbonyl (C=O) groups is 3. The van der Waals surface area contributed by atoms with Gasteiger partial charge in [-0.3, -0.25) is 14.4 Å². The lowest BCUT2D eigenvalue weighted by atomic mass is 9.90. The van der Waals surface area contributed by atoms with E-state index < -0.39 is 15.2 Å². The van der Waals surface area contributed by atoms with Gasteiger partial charge >= 0.3 is 5.97 Å². The topological polar surface area (TPSA) is 92.7 Å². The zero-order valence-electron chi connectivity index (χ0n) is 12.0. The number of carbonyl (C=O) groups excluding carboxylic acids is 2. The lowest BCUT2D eigenvalue weighted by molar-refractivity contribution is -0.138. The number of benzene rings is 1. The Morgan fingerprint density at radius 1 is 1.41 bits per heavy atom. The largest absolute Gasteiger partial charge is 0.497 e. The molecule has 22 heavy (non-hydrogen) atoms. The van der Waals surface area contributed by atoms with Crippen molar-refractivity contribution < 1.29 is 24.2 Å². The second-order valence-electron chi connectivity index (χ2n) is 5.17. The SMILES string of the molecule is COc1ccc(C(=O)C(I)(CC2CCC(=O)N2)C(=O)O)cc1. The molecule has 1 aliphatic heterocycles. The first-order chi connectivity index (χ1) is 10.4. The van der Waals surface area contributed by atoms with Crippen LogP contribution in [-0.4, -0.2) is 39.3 Å². The summed E-state index contributed by atoms with van der Waals surface area (Å²) < 4.78 is 3.42. The Hall–Kier alpha value is -1.64. The quantitative estimate of drug-likeness (QED) is 0.319. The zero-order chi connectivity index (χ0) is 16.3. The molecule has 0 bridgehead atoms. The number of amides is 1. The molecule has 1 aliphatic rings. The van der Waals surface area contributed by atoms with E-state index in [0.29, 0.717) is 24.2 Å². The minimum atomic E-state index is -1.60. The third-order valence-corrected chi connectivity index (χ3v) is 5.06. The highest BCUT2D eigenvalue weighted by molar-refractivity contribution is 14.1. The van der Waals surface area contributed by atoms with Crippen LogP contribution in [0.25, 0.3) is 0 Å². The van der Waals surface area contributed by atoms with Crippen LogP contribution in [0.4, 0.5) is 0 Å². The molecule has 2 atom stereocenters. The fraction of sp³-hybridized carbons (Fsp3) is 0.400. The van der Waals surface area contributed by atoms with Gasteiger partial charge in [0, 0.05) is 24.4 Å². The van der Waals surface area contributed by atoms with E-state index in [4.69, 9.17) is 4.74 Å². The van der Waals surface area contributed by atoms with Crippen LogP contribution in [0.3, 0.4) is 0 Å². The summed E-state index contributed by atoms with van der Waals surface area (Å²) in [5.41, 5.74) is 0.307. The predicted molar refractivity (Wildman–Crippen MR) is 87.5 cm³/mol. The number of carboxylic acids is 1. The van der Waals surface area contributed by atoms with Crippen molar-refractivity contribution in [3.05, 3.63) is 29.8 Å². The summed E-state index contributed by atoms with van der Waals surface area (Å²) in [5, 5.41) is 12.2. The Kier molecular flexibility index (Phi) is 5.05.